The molecule has 2 bridgehead atoms. The van der Waals surface area contributed by atoms with Crippen LogP contribution in [-0.4, -0.2) is 31.3 Å². The van der Waals surface area contributed by atoms with Gasteiger partial charge in [0, 0.05) is 0 Å². The number of anilines is 3. The first kappa shape index (κ1) is 20.5. The Morgan fingerprint density at radius 3 is 3.00 bits per heavy atom. The predicted molar refractivity (Wildman–Crippen MR) is 104 cm³/mol. The van der Waals surface area contributed by atoms with Gasteiger partial charge in [0.05, 0.1) is 0 Å². The van der Waals surface area contributed by atoms with E-state index in [2.05, 4.69) is 24.1 Å². The van der Waals surface area contributed by atoms with Crippen LogP contribution in [0.25, 0.3) is 11.3 Å². The molecule has 0 fully saturated rings. The van der Waals surface area contributed by atoms with Crippen molar-refractivity contribution in [3.05, 3.63) is 53.7 Å². The number of benzene rings is 1. The Morgan fingerprint density at radius 1 is 1.29 bits per heavy atom. The third-order valence-electron chi connectivity index (χ3n) is 4.97. The first-order chi connectivity index (χ1) is 15.1. The number of hydrogen-bond acceptors (Lipinski definition) is 6. The zero-order valence-corrected chi connectivity index (χ0v) is 20.4. The summed E-state index contributed by atoms with van der Waals surface area (Å²) < 4.78 is 23.0. The van der Waals surface area contributed by atoms with Crippen LogP contribution in [0.1, 0.15) is 20.0 Å². The minimum atomic E-state index is -0.890. The van der Waals surface area contributed by atoms with E-state index >= 15 is 0 Å². The molecule has 2 aliphatic heterocycles. The van der Waals surface area contributed by atoms with Crippen LogP contribution in [0.15, 0.2) is 36.7 Å². The van der Waals surface area contributed by atoms with Crippen molar-refractivity contribution in [2.75, 3.05) is 22.5 Å². The molecule has 0 saturated carbocycles. The summed E-state index contributed by atoms with van der Waals surface area (Å²) >= 11 is -1.73. The molecule has 3 aromatic rings. The van der Waals surface area contributed by atoms with Crippen molar-refractivity contribution in [1.29, 1.82) is 0 Å². The zero-order chi connectivity index (χ0) is 21.5. The molecule has 1 aromatic carbocycles. The molecule has 0 spiro atoms. The fourth-order valence-electron chi connectivity index (χ4n) is 3.63. The zero-order valence-electron chi connectivity index (χ0n) is 16.1. The number of rotatable bonds is 3. The molecule has 4 heterocycles. The molecule has 162 valence electrons. The van der Waals surface area contributed by atoms with Crippen molar-refractivity contribution >= 4 is 24.8 Å². The van der Waals surface area contributed by atoms with E-state index in [4.69, 9.17) is 4.74 Å². The summed E-state index contributed by atoms with van der Waals surface area (Å²) in [5.74, 6) is -0.686. The van der Waals surface area contributed by atoms with E-state index in [1.54, 1.807) is 24.5 Å². The molecule has 4 N–H and O–H groups in total. The Kier molecular flexibility index (Phi) is 5.45. The van der Waals surface area contributed by atoms with E-state index in [1.807, 2.05) is 6.07 Å². The number of aromatic amines is 1. The topological polar surface area (TPSA) is 108 Å². The average molecular weight is 647 g/mol. The van der Waals surface area contributed by atoms with Crippen LogP contribution >= 0.6 is 0 Å². The van der Waals surface area contributed by atoms with E-state index in [9.17, 15) is 14.0 Å². The van der Waals surface area contributed by atoms with E-state index < -0.39 is 48.5 Å². The molecule has 31 heavy (non-hydrogen) atoms. The van der Waals surface area contributed by atoms with Crippen molar-refractivity contribution in [1.82, 2.24) is 15.3 Å². The standard InChI is InChI=1S/C20H16FI2N5O3/c1-31-18-10(21)3-2-4-12(18)26-17-14-16-11(7-25-19(14)29)22-20(30)23-28-13-8-24-6-5-9(13)15(17)27-16/h2-6,8,11,26-28H,7H2,1H3,(H,25,29)/q-2/t11-/m1/s1. The second-order valence-electron chi connectivity index (χ2n) is 6.73. The fourth-order valence-corrected chi connectivity index (χ4v) is 9.87. The quantitative estimate of drug-likeness (QED) is 0.108. The fraction of sp³-hybridized carbons (Fsp3) is 0.150. The van der Waals surface area contributed by atoms with Crippen molar-refractivity contribution in [3.63, 3.8) is 0 Å². The minimum absolute atomic E-state index is 0.0485. The second kappa shape index (κ2) is 8.26. The molecule has 2 aromatic heterocycles. The van der Waals surface area contributed by atoms with Crippen molar-refractivity contribution in [2.45, 2.75) is 3.92 Å². The van der Waals surface area contributed by atoms with Crippen LogP contribution in [-0.2, 0) is 0 Å². The molecule has 0 radical (unpaired) electrons. The van der Waals surface area contributed by atoms with Gasteiger partial charge in [-0.1, -0.05) is 0 Å². The monoisotopic (exact) mass is 647 g/mol. The summed E-state index contributed by atoms with van der Waals surface area (Å²) in [5, 5.41) is 6.14. The van der Waals surface area contributed by atoms with E-state index in [1.165, 1.54) is 13.2 Å². The number of H-pyrrole nitrogens is 1. The number of carbonyl (C=O) groups is 2. The molecule has 5 rings (SSSR count). The molecule has 1 atom stereocenters. The molecule has 0 unspecified atom stereocenters. The normalized spacial score (nSPS) is 17.8. The Bertz CT molecular complexity index is 1220. The molecule has 2 aliphatic rings. The summed E-state index contributed by atoms with van der Waals surface area (Å²) in [6.07, 6.45) is 3.33. The van der Waals surface area contributed by atoms with Crippen LogP contribution < -0.4 is 61.6 Å². The van der Waals surface area contributed by atoms with Crippen LogP contribution in [0.3, 0.4) is 0 Å². The number of nitrogens with one attached hydrogen (secondary N) is 4. The maximum atomic E-state index is 14.3. The number of nitrogens with zero attached hydrogens (tertiary/aromatic N) is 1. The summed E-state index contributed by atoms with van der Waals surface area (Å²) in [5.41, 5.74) is 4.31. The maximum absolute atomic E-state index is 14.3. The van der Waals surface area contributed by atoms with Crippen LogP contribution in [0.2, 0.25) is 0 Å². The predicted octanol–water partition coefficient (Wildman–Crippen LogP) is -2.61. The van der Waals surface area contributed by atoms with Gasteiger partial charge in [-0.25, -0.2) is 0 Å². The van der Waals surface area contributed by atoms with Gasteiger partial charge in [0.2, 0.25) is 0 Å². The Hall–Kier alpha value is -2.42. The van der Waals surface area contributed by atoms with Crippen LogP contribution in [0.5, 0.6) is 5.75 Å². The number of ether oxygens (including phenoxy) is 1. The first-order valence-corrected chi connectivity index (χ1v) is 13.7. The first-order valence-electron chi connectivity index (χ1n) is 9.22. The Balaban J connectivity index is 1.76. The van der Waals surface area contributed by atoms with Gasteiger partial charge in [0.1, 0.15) is 0 Å². The number of halogens is 3. The van der Waals surface area contributed by atoms with Gasteiger partial charge >= 0.3 is 199 Å². The number of amides is 1. The van der Waals surface area contributed by atoms with Crippen molar-refractivity contribution in [2.24, 2.45) is 0 Å². The third kappa shape index (κ3) is 3.62. The van der Waals surface area contributed by atoms with Crippen LogP contribution in [0, 0.1) is 5.82 Å². The number of carbonyl (C=O) groups excluding carboxylic acids is 2. The van der Waals surface area contributed by atoms with E-state index in [0.717, 1.165) is 16.9 Å². The van der Waals surface area contributed by atoms with E-state index in [-0.39, 0.29) is 17.4 Å². The van der Waals surface area contributed by atoms with Gasteiger partial charge in [-0.15, -0.1) is 0 Å². The third-order valence-corrected chi connectivity index (χ3v) is 11.5. The van der Waals surface area contributed by atoms with Gasteiger partial charge in [0.15, 0.2) is 0 Å². The summed E-state index contributed by atoms with van der Waals surface area (Å²) in [6.45, 7) is 0.431. The van der Waals surface area contributed by atoms with Crippen molar-refractivity contribution in [3.8, 4) is 17.0 Å². The summed E-state index contributed by atoms with van der Waals surface area (Å²) in [4.78, 5) is 33.1. The molecule has 8 nitrogen and oxygen atoms in total. The number of pyridine rings is 1. The molecule has 1 amide bonds. The van der Waals surface area contributed by atoms with Crippen molar-refractivity contribution < 1.29 is 61.4 Å². The number of aromatic nitrogens is 2. The number of hydrogen-bond donors (Lipinski definition) is 4. The summed E-state index contributed by atoms with van der Waals surface area (Å²) in [6, 6.07) is 6.40. The number of para-hydroxylation sites is 1. The average Bonchev–Trinajstić information content (AvgIpc) is 3.14. The Morgan fingerprint density at radius 2 is 2.16 bits per heavy atom. The molecule has 0 aliphatic carbocycles. The molecule has 0 saturated heterocycles. The molecule has 11 heteroatoms. The number of fused-ring (bicyclic) bond motifs is 3. The molecular formula is C20H16FI2N5O3-2. The van der Waals surface area contributed by atoms with Gasteiger partial charge in [-0.2, -0.15) is 0 Å². The summed E-state index contributed by atoms with van der Waals surface area (Å²) in [7, 11) is 1.40. The second-order valence-corrected chi connectivity index (χ2v) is 14.0. The Labute approximate surface area is 197 Å². The van der Waals surface area contributed by atoms with Crippen LogP contribution in [0.4, 0.5) is 26.2 Å². The molecular weight excluding hydrogens is 631 g/mol. The SMILES string of the molecule is COc1c(F)cccc1Nc1c2[nH]c3c1C(=O)NC[C@H]3[I-]C(=O)[I-]Nc1cnccc1-2. The van der Waals surface area contributed by atoms with E-state index in [0.29, 0.717) is 29.2 Å². The number of methoxy groups -OCH3 is 1. The van der Waals surface area contributed by atoms with Gasteiger partial charge in [0.25, 0.3) is 0 Å². The van der Waals surface area contributed by atoms with Gasteiger partial charge in [-0.05, 0) is 0 Å². The van der Waals surface area contributed by atoms with Gasteiger partial charge < -0.3 is 0 Å². The van der Waals surface area contributed by atoms with Gasteiger partial charge in [-0.3, -0.25) is 0 Å². The number of alkyl halides is 1.